The van der Waals surface area contributed by atoms with Crippen LogP contribution in [0.4, 0.5) is 0 Å². The number of rotatable bonds is 8. The molecular formula is C19H28O6S2. The summed E-state index contributed by atoms with van der Waals surface area (Å²) >= 11 is 0. The molecule has 0 bridgehead atoms. The van der Waals surface area contributed by atoms with Crippen LogP contribution in [0.25, 0.3) is 10.8 Å². The van der Waals surface area contributed by atoms with Crippen molar-refractivity contribution in [1.29, 1.82) is 0 Å². The molecular weight excluding hydrogens is 388 g/mol. The Labute approximate surface area is 162 Å². The molecule has 0 amide bonds. The van der Waals surface area contributed by atoms with Crippen molar-refractivity contribution < 1.29 is 25.9 Å². The molecule has 2 aromatic carbocycles. The summed E-state index contributed by atoms with van der Waals surface area (Å²) in [5.74, 6) is 0. The maximum atomic E-state index is 10.9. The Morgan fingerprint density at radius 2 is 1.00 bits per heavy atom. The minimum absolute atomic E-state index is 0.278. The second kappa shape index (κ2) is 10.8. The molecule has 0 unspecified atom stereocenters. The van der Waals surface area contributed by atoms with E-state index in [1.54, 1.807) is 0 Å². The Morgan fingerprint density at radius 1 is 0.630 bits per heavy atom. The summed E-state index contributed by atoms with van der Waals surface area (Å²) in [6.07, 6.45) is 9.97. The molecule has 0 spiro atoms. The van der Waals surface area contributed by atoms with Crippen LogP contribution in [0, 0.1) is 0 Å². The van der Waals surface area contributed by atoms with Crippen LogP contribution in [0.1, 0.15) is 58.8 Å². The van der Waals surface area contributed by atoms with Gasteiger partial charge in [0.2, 0.25) is 0 Å². The fraction of sp³-hybridized carbons (Fsp3) is 0.474. The highest BCUT2D eigenvalue weighted by Crippen LogP contribution is 2.22. The van der Waals surface area contributed by atoms with Crippen molar-refractivity contribution in [3.63, 3.8) is 0 Å². The summed E-state index contributed by atoms with van der Waals surface area (Å²) in [4.78, 5) is -0.690. The van der Waals surface area contributed by atoms with E-state index in [1.807, 2.05) is 0 Å². The van der Waals surface area contributed by atoms with Gasteiger partial charge in [0.1, 0.15) is 0 Å². The zero-order valence-electron chi connectivity index (χ0n) is 15.8. The molecule has 2 rings (SSSR count). The van der Waals surface area contributed by atoms with E-state index >= 15 is 0 Å². The Morgan fingerprint density at radius 3 is 1.33 bits per heavy atom. The van der Waals surface area contributed by atoms with Crippen LogP contribution in [0.5, 0.6) is 0 Å². The number of hydrogen-bond donors (Lipinski definition) is 2. The van der Waals surface area contributed by atoms with Crippen molar-refractivity contribution in [3.05, 3.63) is 36.4 Å². The van der Waals surface area contributed by atoms with Gasteiger partial charge in [0.25, 0.3) is 20.2 Å². The lowest BCUT2D eigenvalue weighted by molar-refractivity contribution is 0.481. The van der Waals surface area contributed by atoms with Gasteiger partial charge in [-0.2, -0.15) is 16.8 Å². The molecule has 0 saturated heterocycles. The standard InChI is InChI=1S/C10H8O6S2.C9H20/c11-17(12,13)9-3-1-7-2-4-10(18(14,15)16)6-8(7)5-9;1-3-5-7-9-8-6-4-2/h1-6H,(H,11,12,13)(H,14,15,16);3-9H2,1-2H3. The average molecular weight is 417 g/mol. The van der Waals surface area contributed by atoms with Crippen molar-refractivity contribution in [3.8, 4) is 0 Å². The highest BCUT2D eigenvalue weighted by molar-refractivity contribution is 7.86. The molecule has 6 nitrogen and oxygen atoms in total. The Balaban J connectivity index is 0.000000345. The molecule has 27 heavy (non-hydrogen) atoms. The van der Waals surface area contributed by atoms with Crippen LogP contribution >= 0.6 is 0 Å². The molecule has 0 atom stereocenters. The van der Waals surface area contributed by atoms with Gasteiger partial charge in [-0.3, -0.25) is 9.11 Å². The molecule has 0 fully saturated rings. The van der Waals surface area contributed by atoms with Gasteiger partial charge in [0, 0.05) is 0 Å². The van der Waals surface area contributed by atoms with Gasteiger partial charge in [-0.15, -0.1) is 0 Å². The maximum absolute atomic E-state index is 10.9. The van der Waals surface area contributed by atoms with Crippen molar-refractivity contribution in [1.82, 2.24) is 0 Å². The van der Waals surface area contributed by atoms with Crippen molar-refractivity contribution in [2.24, 2.45) is 0 Å². The molecule has 8 heteroatoms. The van der Waals surface area contributed by atoms with Crippen LogP contribution < -0.4 is 0 Å². The molecule has 0 heterocycles. The summed E-state index contributed by atoms with van der Waals surface area (Å²) < 4.78 is 61.5. The summed E-state index contributed by atoms with van der Waals surface area (Å²) in [7, 11) is -8.71. The molecule has 0 aliphatic carbocycles. The molecule has 152 valence electrons. The van der Waals surface area contributed by atoms with E-state index in [0.29, 0.717) is 5.39 Å². The fourth-order valence-corrected chi connectivity index (χ4v) is 3.59. The van der Waals surface area contributed by atoms with Gasteiger partial charge >= 0.3 is 0 Å². The minimum atomic E-state index is -4.35. The van der Waals surface area contributed by atoms with Crippen LogP contribution in [-0.2, 0) is 20.2 Å². The predicted octanol–water partition coefficient (Wildman–Crippen LogP) is 5.09. The minimum Gasteiger partial charge on any atom is -0.282 e. The maximum Gasteiger partial charge on any atom is 0.294 e. The number of unbranched alkanes of at least 4 members (excludes halogenated alkanes) is 6. The number of hydrogen-bond acceptors (Lipinski definition) is 4. The first kappa shape index (κ1) is 23.6. The summed E-state index contributed by atoms with van der Waals surface area (Å²) in [6, 6.07) is 7.49. The lowest BCUT2D eigenvalue weighted by atomic mass is 10.1. The molecule has 2 aromatic rings. The van der Waals surface area contributed by atoms with E-state index in [1.165, 1.54) is 69.2 Å². The van der Waals surface area contributed by atoms with Gasteiger partial charge in [-0.1, -0.05) is 70.9 Å². The van der Waals surface area contributed by atoms with Gasteiger partial charge < -0.3 is 0 Å². The van der Waals surface area contributed by atoms with Crippen LogP contribution in [-0.4, -0.2) is 25.9 Å². The zero-order valence-corrected chi connectivity index (χ0v) is 17.4. The predicted molar refractivity (Wildman–Crippen MR) is 107 cm³/mol. The monoisotopic (exact) mass is 416 g/mol. The van der Waals surface area contributed by atoms with E-state index in [2.05, 4.69) is 13.8 Å². The lowest BCUT2D eigenvalue weighted by Gasteiger charge is -2.03. The molecule has 2 N–H and O–H groups in total. The zero-order chi connectivity index (χ0) is 20.5. The van der Waals surface area contributed by atoms with Gasteiger partial charge in [0.05, 0.1) is 9.79 Å². The SMILES string of the molecule is CCCCCCCCC.O=S(=O)(O)c1ccc2ccc(S(=O)(=O)O)cc2c1. The topological polar surface area (TPSA) is 109 Å². The summed E-state index contributed by atoms with van der Waals surface area (Å²) in [5, 5.41) is 0.857. The average Bonchev–Trinajstić information content (AvgIpc) is 2.60. The van der Waals surface area contributed by atoms with E-state index < -0.39 is 20.2 Å². The number of benzene rings is 2. The largest absolute Gasteiger partial charge is 0.294 e. The first-order chi connectivity index (χ1) is 12.6. The highest BCUT2D eigenvalue weighted by atomic mass is 32.2. The number of fused-ring (bicyclic) bond motifs is 1. The molecule has 0 aromatic heterocycles. The first-order valence-electron chi connectivity index (χ1n) is 9.08. The summed E-state index contributed by atoms with van der Waals surface area (Å²) in [5.41, 5.74) is 0. The van der Waals surface area contributed by atoms with Crippen LogP contribution in [0.3, 0.4) is 0 Å². The molecule has 0 aliphatic rings. The van der Waals surface area contributed by atoms with Crippen LogP contribution in [0.2, 0.25) is 0 Å². The fourth-order valence-electron chi connectivity index (χ4n) is 2.55. The van der Waals surface area contributed by atoms with Gasteiger partial charge in [-0.25, -0.2) is 0 Å². The van der Waals surface area contributed by atoms with Gasteiger partial charge in [-0.05, 0) is 35.0 Å². The van der Waals surface area contributed by atoms with E-state index in [9.17, 15) is 16.8 Å². The second-order valence-electron chi connectivity index (χ2n) is 6.39. The first-order valence-corrected chi connectivity index (χ1v) is 12.0. The Hall–Kier alpha value is -1.48. The quantitative estimate of drug-likeness (QED) is 0.458. The van der Waals surface area contributed by atoms with E-state index in [-0.39, 0.29) is 15.2 Å². The van der Waals surface area contributed by atoms with Gasteiger partial charge in [0.15, 0.2) is 0 Å². The smallest absolute Gasteiger partial charge is 0.282 e. The van der Waals surface area contributed by atoms with E-state index in [0.717, 1.165) is 12.1 Å². The molecule has 0 saturated carbocycles. The van der Waals surface area contributed by atoms with Crippen molar-refractivity contribution in [2.75, 3.05) is 0 Å². The second-order valence-corrected chi connectivity index (χ2v) is 9.23. The third-order valence-corrected chi connectivity index (χ3v) is 5.79. The van der Waals surface area contributed by atoms with Crippen molar-refractivity contribution >= 4 is 31.0 Å². The molecule has 0 radical (unpaired) electrons. The Bertz CT molecular complexity index is 861. The third kappa shape index (κ3) is 8.38. The summed E-state index contributed by atoms with van der Waals surface area (Å²) in [6.45, 7) is 4.53. The highest BCUT2D eigenvalue weighted by Gasteiger charge is 2.13. The van der Waals surface area contributed by atoms with Crippen LogP contribution in [0.15, 0.2) is 46.2 Å². The Kier molecular flexibility index (Phi) is 9.38. The van der Waals surface area contributed by atoms with E-state index in [4.69, 9.17) is 9.11 Å². The normalized spacial score (nSPS) is 11.9. The lowest BCUT2D eigenvalue weighted by Crippen LogP contribution is -1.99. The molecule has 0 aliphatic heterocycles. The third-order valence-electron chi connectivity index (χ3n) is 4.09. The van der Waals surface area contributed by atoms with Crippen molar-refractivity contribution in [2.45, 2.75) is 68.6 Å².